The van der Waals surface area contributed by atoms with Crippen molar-refractivity contribution >= 4 is 28.1 Å². The van der Waals surface area contributed by atoms with Crippen LogP contribution in [-0.4, -0.2) is 54.8 Å². The van der Waals surface area contributed by atoms with Crippen LogP contribution in [0.2, 0.25) is 0 Å². The number of fused-ring (bicyclic) bond motifs is 1. The molecule has 4 rings (SSSR count). The number of nitrogens with one attached hydrogen (secondary N) is 1. The van der Waals surface area contributed by atoms with E-state index in [1.807, 2.05) is 24.3 Å². The highest BCUT2D eigenvalue weighted by Crippen LogP contribution is 2.28. The molecule has 0 radical (unpaired) electrons. The molecule has 1 aromatic carbocycles. The van der Waals surface area contributed by atoms with Gasteiger partial charge in [0, 0.05) is 37.3 Å². The van der Waals surface area contributed by atoms with Crippen LogP contribution < -0.4 is 5.32 Å². The van der Waals surface area contributed by atoms with Gasteiger partial charge in [-0.2, -0.15) is 0 Å². The van der Waals surface area contributed by atoms with E-state index in [2.05, 4.69) is 39.9 Å². The Morgan fingerprint density at radius 1 is 1.19 bits per heavy atom. The summed E-state index contributed by atoms with van der Waals surface area (Å²) in [5.74, 6) is 0.00336. The molecule has 0 spiro atoms. The van der Waals surface area contributed by atoms with Crippen LogP contribution in [0.25, 0.3) is 15.9 Å². The summed E-state index contributed by atoms with van der Waals surface area (Å²) in [6.07, 6.45) is 0. The van der Waals surface area contributed by atoms with Crippen molar-refractivity contribution in [1.29, 1.82) is 0 Å². The van der Waals surface area contributed by atoms with E-state index in [1.54, 1.807) is 0 Å². The Morgan fingerprint density at radius 2 is 2.00 bits per heavy atom. The predicted molar refractivity (Wildman–Crippen MR) is 105 cm³/mol. The quantitative estimate of drug-likeness (QED) is 0.752. The Balaban J connectivity index is 1.43. The van der Waals surface area contributed by atoms with Crippen LogP contribution in [0.1, 0.15) is 15.4 Å². The highest BCUT2D eigenvalue weighted by atomic mass is 32.1. The van der Waals surface area contributed by atoms with Crippen molar-refractivity contribution in [2.45, 2.75) is 6.92 Å². The molecule has 1 fully saturated rings. The Bertz CT molecular complexity index is 909. The zero-order valence-electron chi connectivity index (χ0n) is 14.9. The fourth-order valence-electron chi connectivity index (χ4n) is 3.39. The molecule has 26 heavy (non-hydrogen) atoms. The summed E-state index contributed by atoms with van der Waals surface area (Å²) < 4.78 is 7.56. The van der Waals surface area contributed by atoms with Gasteiger partial charge in [0.2, 0.25) is 0 Å². The van der Waals surface area contributed by atoms with Gasteiger partial charge in [0.1, 0.15) is 5.00 Å². The first-order valence-electron chi connectivity index (χ1n) is 8.98. The molecular formula is C20H23N3O2S. The number of rotatable bonds is 5. The van der Waals surface area contributed by atoms with Crippen LogP contribution in [-0.2, 0) is 4.74 Å². The average molecular weight is 369 g/mol. The monoisotopic (exact) mass is 369 g/mol. The Kier molecular flexibility index (Phi) is 5.06. The molecular weight excluding hydrogens is 346 g/mol. The number of hydrogen-bond acceptors (Lipinski definition) is 4. The minimum Gasteiger partial charge on any atom is -0.379 e. The van der Waals surface area contributed by atoms with Gasteiger partial charge in [-0.05, 0) is 31.2 Å². The number of carbonyl (C=O) groups excluding carboxylic acids is 1. The summed E-state index contributed by atoms with van der Waals surface area (Å²) in [6.45, 7) is 7.09. The van der Waals surface area contributed by atoms with Gasteiger partial charge in [0.05, 0.1) is 23.6 Å². The molecule has 1 saturated heterocycles. The van der Waals surface area contributed by atoms with E-state index in [1.165, 1.54) is 27.9 Å². The second-order valence-corrected chi connectivity index (χ2v) is 7.59. The second-order valence-electron chi connectivity index (χ2n) is 6.53. The zero-order chi connectivity index (χ0) is 17.9. The summed E-state index contributed by atoms with van der Waals surface area (Å²) in [7, 11) is 0. The molecule has 136 valence electrons. The Morgan fingerprint density at radius 3 is 2.85 bits per heavy atom. The van der Waals surface area contributed by atoms with Gasteiger partial charge in [-0.3, -0.25) is 9.69 Å². The van der Waals surface area contributed by atoms with E-state index in [0.29, 0.717) is 6.54 Å². The normalized spacial score (nSPS) is 15.4. The maximum Gasteiger partial charge on any atom is 0.261 e. The molecule has 1 amide bonds. The molecule has 0 saturated carbocycles. The van der Waals surface area contributed by atoms with Gasteiger partial charge in [0.25, 0.3) is 5.91 Å². The summed E-state index contributed by atoms with van der Waals surface area (Å²) in [6, 6.07) is 14.4. The number of carbonyl (C=O) groups is 1. The molecule has 2 aromatic heterocycles. The molecule has 1 N–H and O–H groups in total. The van der Waals surface area contributed by atoms with Gasteiger partial charge in [-0.1, -0.05) is 18.2 Å². The topological polar surface area (TPSA) is 46.5 Å². The van der Waals surface area contributed by atoms with E-state index >= 15 is 0 Å². The van der Waals surface area contributed by atoms with Crippen molar-refractivity contribution in [3.63, 3.8) is 0 Å². The average Bonchev–Trinajstić information content (AvgIpc) is 3.26. The van der Waals surface area contributed by atoms with Crippen molar-refractivity contribution < 1.29 is 9.53 Å². The van der Waals surface area contributed by atoms with Gasteiger partial charge in [-0.25, -0.2) is 0 Å². The fourth-order valence-corrected chi connectivity index (χ4v) is 4.39. The molecule has 1 aliphatic rings. The van der Waals surface area contributed by atoms with E-state index in [4.69, 9.17) is 4.74 Å². The van der Waals surface area contributed by atoms with Crippen LogP contribution in [0.15, 0.2) is 42.5 Å². The standard InChI is InChI=1S/C20H23N3O2S/c1-15-14-16-4-2-3-5-17(16)23(15)19-7-6-18(26-19)20(24)21-8-9-22-10-12-25-13-11-22/h2-7,14H,8-13H2,1H3,(H,21,24). The third kappa shape index (κ3) is 3.53. The molecule has 0 bridgehead atoms. The number of nitrogens with zero attached hydrogens (tertiary/aromatic N) is 2. The first kappa shape index (κ1) is 17.3. The highest BCUT2D eigenvalue weighted by Gasteiger charge is 2.14. The third-order valence-corrected chi connectivity index (χ3v) is 5.82. The van der Waals surface area contributed by atoms with Gasteiger partial charge < -0.3 is 14.6 Å². The minimum atomic E-state index is 0.00336. The molecule has 3 aromatic rings. The number of ether oxygens (including phenoxy) is 1. The lowest BCUT2D eigenvalue weighted by atomic mass is 10.2. The third-order valence-electron chi connectivity index (χ3n) is 4.75. The maximum atomic E-state index is 12.5. The number of thiophene rings is 1. The van der Waals surface area contributed by atoms with E-state index < -0.39 is 0 Å². The van der Waals surface area contributed by atoms with Crippen molar-refractivity contribution in [3.05, 3.63) is 53.0 Å². The molecule has 6 heteroatoms. The number of benzene rings is 1. The van der Waals surface area contributed by atoms with E-state index in [-0.39, 0.29) is 5.91 Å². The summed E-state index contributed by atoms with van der Waals surface area (Å²) in [4.78, 5) is 15.5. The number of aromatic nitrogens is 1. The number of aryl methyl sites for hydroxylation is 1. The predicted octanol–water partition coefficient (Wildman–Crippen LogP) is 3.06. The molecule has 5 nitrogen and oxygen atoms in total. The number of morpholine rings is 1. The summed E-state index contributed by atoms with van der Waals surface area (Å²) in [5, 5.41) is 5.33. The largest absolute Gasteiger partial charge is 0.379 e. The van der Waals surface area contributed by atoms with Crippen molar-refractivity contribution in [3.8, 4) is 5.00 Å². The molecule has 0 atom stereocenters. The smallest absolute Gasteiger partial charge is 0.261 e. The Labute approximate surface area is 157 Å². The van der Waals surface area contributed by atoms with Gasteiger partial charge in [-0.15, -0.1) is 11.3 Å². The first-order valence-corrected chi connectivity index (χ1v) is 9.79. The Hall–Kier alpha value is -2.15. The molecule has 3 heterocycles. The second kappa shape index (κ2) is 7.61. The SMILES string of the molecule is Cc1cc2ccccc2n1-c1ccc(C(=O)NCCN2CCOCC2)s1. The number of amides is 1. The lowest BCUT2D eigenvalue weighted by Crippen LogP contribution is -2.41. The fraction of sp³-hybridized carbons (Fsp3) is 0.350. The zero-order valence-corrected chi connectivity index (χ0v) is 15.7. The van der Waals surface area contributed by atoms with Crippen molar-refractivity contribution in [1.82, 2.24) is 14.8 Å². The van der Waals surface area contributed by atoms with Crippen LogP contribution in [0.4, 0.5) is 0 Å². The van der Waals surface area contributed by atoms with Crippen molar-refractivity contribution in [2.24, 2.45) is 0 Å². The van der Waals surface area contributed by atoms with E-state index in [0.717, 1.165) is 42.7 Å². The summed E-state index contributed by atoms with van der Waals surface area (Å²) >= 11 is 1.53. The summed E-state index contributed by atoms with van der Waals surface area (Å²) in [5.41, 5.74) is 2.35. The van der Waals surface area contributed by atoms with Gasteiger partial charge in [0.15, 0.2) is 0 Å². The van der Waals surface area contributed by atoms with Gasteiger partial charge >= 0.3 is 0 Å². The number of para-hydroxylation sites is 1. The van der Waals surface area contributed by atoms with Crippen LogP contribution in [0.3, 0.4) is 0 Å². The lowest BCUT2D eigenvalue weighted by Gasteiger charge is -2.26. The highest BCUT2D eigenvalue weighted by molar-refractivity contribution is 7.16. The molecule has 0 aliphatic carbocycles. The van der Waals surface area contributed by atoms with Crippen LogP contribution in [0.5, 0.6) is 0 Å². The van der Waals surface area contributed by atoms with E-state index in [9.17, 15) is 4.79 Å². The molecule has 0 unspecified atom stereocenters. The number of hydrogen-bond donors (Lipinski definition) is 1. The minimum absolute atomic E-state index is 0.00336. The van der Waals surface area contributed by atoms with Crippen LogP contribution >= 0.6 is 11.3 Å². The first-order chi connectivity index (χ1) is 12.7. The maximum absolute atomic E-state index is 12.5. The lowest BCUT2D eigenvalue weighted by molar-refractivity contribution is 0.0383. The van der Waals surface area contributed by atoms with Crippen molar-refractivity contribution in [2.75, 3.05) is 39.4 Å². The van der Waals surface area contributed by atoms with Crippen LogP contribution in [0, 0.1) is 6.92 Å². The molecule has 1 aliphatic heterocycles.